The summed E-state index contributed by atoms with van der Waals surface area (Å²) in [5.41, 5.74) is 4.18. The molecule has 0 N–H and O–H groups in total. The highest BCUT2D eigenvalue weighted by molar-refractivity contribution is 5.73. The number of imidazole rings is 2. The van der Waals surface area contributed by atoms with E-state index in [-0.39, 0.29) is 0 Å². The first kappa shape index (κ1) is 14.6. The van der Waals surface area contributed by atoms with Gasteiger partial charge in [0.25, 0.3) is 12.7 Å². The van der Waals surface area contributed by atoms with Crippen LogP contribution in [-0.4, -0.2) is 29.5 Å². The van der Waals surface area contributed by atoms with Gasteiger partial charge >= 0.3 is 11.9 Å². The van der Waals surface area contributed by atoms with E-state index in [0.29, 0.717) is 11.9 Å². The second-order valence-electron chi connectivity index (χ2n) is 6.17. The molecule has 5 rings (SSSR count). The second kappa shape index (κ2) is 5.41. The summed E-state index contributed by atoms with van der Waals surface area (Å²) in [4.78, 5) is 0. The second-order valence-corrected chi connectivity index (χ2v) is 6.17. The molecule has 126 valence electrons. The predicted molar refractivity (Wildman–Crippen MR) is 93.6 cm³/mol. The minimum atomic E-state index is 0.436. The third-order valence-electron chi connectivity index (χ3n) is 4.51. The number of para-hydroxylation sites is 4. The molecule has 0 unspecified atom stereocenters. The number of benzene rings is 2. The summed E-state index contributed by atoms with van der Waals surface area (Å²) in [6.45, 7) is 0. The molecule has 0 saturated carbocycles. The Labute approximate surface area is 148 Å². The molecule has 0 fully saturated rings. The summed E-state index contributed by atoms with van der Waals surface area (Å²) in [6, 6.07) is 16.1. The van der Waals surface area contributed by atoms with Gasteiger partial charge in [0.05, 0.1) is 14.1 Å². The SMILES string of the molecule is C[n+]1cn(-c2nnc(-n3c[n+](C)c4ccccc43)nn2)c2ccccc21. The van der Waals surface area contributed by atoms with Crippen LogP contribution < -0.4 is 9.13 Å². The summed E-state index contributed by atoms with van der Waals surface area (Å²) in [5.74, 6) is 0.873. The third-order valence-corrected chi connectivity index (χ3v) is 4.51. The van der Waals surface area contributed by atoms with Crippen molar-refractivity contribution in [3.63, 3.8) is 0 Å². The van der Waals surface area contributed by atoms with Crippen LogP contribution in [0.4, 0.5) is 0 Å². The van der Waals surface area contributed by atoms with Gasteiger partial charge in [-0.3, -0.25) is 0 Å². The number of hydrogen-bond donors (Lipinski definition) is 0. The lowest BCUT2D eigenvalue weighted by Gasteiger charge is -1.95. The number of aromatic nitrogens is 8. The third kappa shape index (κ3) is 2.08. The summed E-state index contributed by atoms with van der Waals surface area (Å²) >= 11 is 0. The zero-order valence-electron chi connectivity index (χ0n) is 14.4. The molecule has 0 bridgehead atoms. The topological polar surface area (TPSA) is 69.2 Å². The zero-order valence-corrected chi connectivity index (χ0v) is 14.4. The Morgan fingerprint density at radius 3 is 1.42 bits per heavy atom. The highest BCUT2D eigenvalue weighted by Gasteiger charge is 2.21. The largest absolute Gasteiger partial charge is 0.364 e. The average Bonchev–Trinajstić information content (AvgIpc) is 3.20. The molecule has 0 aliphatic carbocycles. The van der Waals surface area contributed by atoms with E-state index in [1.807, 2.05) is 93.5 Å². The summed E-state index contributed by atoms with van der Waals surface area (Å²) in [5, 5.41) is 17.2. The molecule has 3 heterocycles. The summed E-state index contributed by atoms with van der Waals surface area (Å²) in [6.07, 6.45) is 3.85. The van der Waals surface area contributed by atoms with Crippen molar-refractivity contribution in [3.8, 4) is 11.9 Å². The van der Waals surface area contributed by atoms with Gasteiger partial charge in [0, 0.05) is 0 Å². The maximum absolute atomic E-state index is 4.30. The van der Waals surface area contributed by atoms with Gasteiger partial charge in [0.1, 0.15) is 0 Å². The molecule has 8 heteroatoms. The van der Waals surface area contributed by atoms with Crippen LogP contribution >= 0.6 is 0 Å². The highest BCUT2D eigenvalue weighted by atomic mass is 15.4. The van der Waals surface area contributed by atoms with Crippen molar-refractivity contribution in [1.82, 2.24) is 29.5 Å². The van der Waals surface area contributed by atoms with Crippen molar-refractivity contribution in [1.29, 1.82) is 0 Å². The number of rotatable bonds is 2. The fourth-order valence-electron chi connectivity index (χ4n) is 3.26. The van der Waals surface area contributed by atoms with Crippen molar-refractivity contribution >= 4 is 22.1 Å². The van der Waals surface area contributed by atoms with Crippen molar-refractivity contribution in [2.45, 2.75) is 0 Å². The molecular formula is C18H16N8+2. The highest BCUT2D eigenvalue weighted by Crippen LogP contribution is 2.15. The molecule has 0 saturated heterocycles. The fraction of sp³-hybridized carbons (Fsp3) is 0.111. The fourth-order valence-corrected chi connectivity index (χ4v) is 3.26. The minimum Gasteiger partial charge on any atom is -0.232 e. The van der Waals surface area contributed by atoms with E-state index in [1.54, 1.807) is 0 Å². The number of hydrogen-bond acceptors (Lipinski definition) is 4. The van der Waals surface area contributed by atoms with Gasteiger partial charge in [-0.25, -0.2) is 9.13 Å². The van der Waals surface area contributed by atoms with Crippen molar-refractivity contribution < 1.29 is 9.13 Å². The molecule has 5 aromatic rings. The number of fused-ring (bicyclic) bond motifs is 2. The van der Waals surface area contributed by atoms with Crippen molar-refractivity contribution in [2.24, 2.45) is 14.1 Å². The van der Waals surface area contributed by atoms with E-state index in [9.17, 15) is 0 Å². The molecule has 0 aliphatic heterocycles. The van der Waals surface area contributed by atoms with Gasteiger partial charge in [0.15, 0.2) is 22.1 Å². The molecule has 0 spiro atoms. The van der Waals surface area contributed by atoms with Crippen LogP contribution in [0.15, 0.2) is 61.2 Å². The Morgan fingerprint density at radius 1 is 0.615 bits per heavy atom. The first-order valence-electron chi connectivity index (χ1n) is 8.22. The van der Waals surface area contributed by atoms with Gasteiger partial charge in [0.2, 0.25) is 0 Å². The molecule has 0 aliphatic rings. The summed E-state index contributed by atoms with van der Waals surface area (Å²) < 4.78 is 7.80. The van der Waals surface area contributed by atoms with Crippen LogP contribution in [0.3, 0.4) is 0 Å². The van der Waals surface area contributed by atoms with Crippen LogP contribution in [-0.2, 0) is 14.1 Å². The van der Waals surface area contributed by atoms with Crippen LogP contribution in [0, 0.1) is 0 Å². The lowest BCUT2D eigenvalue weighted by molar-refractivity contribution is -0.645. The monoisotopic (exact) mass is 344 g/mol. The maximum Gasteiger partial charge on any atom is 0.364 e. The smallest absolute Gasteiger partial charge is 0.232 e. The molecule has 0 radical (unpaired) electrons. The van der Waals surface area contributed by atoms with Crippen LogP contribution in [0.2, 0.25) is 0 Å². The normalized spacial score (nSPS) is 11.5. The van der Waals surface area contributed by atoms with E-state index in [2.05, 4.69) is 20.4 Å². The Kier molecular flexibility index (Phi) is 3.05. The van der Waals surface area contributed by atoms with Gasteiger partial charge < -0.3 is 0 Å². The first-order valence-corrected chi connectivity index (χ1v) is 8.22. The standard InChI is InChI=1S/C18H16N8/c1-23-11-25(15-9-5-3-7-13(15)23)17-19-21-18(22-20-17)26-12-24(2)14-8-4-6-10-16(14)26/h3-12H,1-2H3/q+2. The zero-order chi connectivity index (χ0) is 17.7. The maximum atomic E-state index is 4.30. The van der Waals surface area contributed by atoms with Gasteiger partial charge in [-0.1, -0.05) is 44.7 Å². The Morgan fingerprint density at radius 2 is 1.00 bits per heavy atom. The van der Waals surface area contributed by atoms with Crippen LogP contribution in [0.5, 0.6) is 0 Å². The lowest BCUT2D eigenvalue weighted by Crippen LogP contribution is -2.25. The van der Waals surface area contributed by atoms with Crippen molar-refractivity contribution in [2.75, 3.05) is 0 Å². The predicted octanol–water partition coefficient (Wildman–Crippen LogP) is 0.803. The molecule has 26 heavy (non-hydrogen) atoms. The van der Waals surface area contributed by atoms with Crippen LogP contribution in [0.1, 0.15) is 0 Å². The quantitative estimate of drug-likeness (QED) is 0.444. The molecule has 2 aromatic carbocycles. The van der Waals surface area contributed by atoms with E-state index in [0.717, 1.165) is 22.1 Å². The summed E-state index contributed by atoms with van der Waals surface area (Å²) in [7, 11) is 3.97. The number of nitrogens with zero attached hydrogens (tertiary/aromatic N) is 8. The molecule has 0 amide bonds. The Balaban J connectivity index is 1.63. The Hall–Kier alpha value is -3.68. The minimum absolute atomic E-state index is 0.436. The van der Waals surface area contributed by atoms with Gasteiger partial charge in [-0.05, 0) is 24.3 Å². The van der Waals surface area contributed by atoms with E-state index >= 15 is 0 Å². The van der Waals surface area contributed by atoms with Crippen molar-refractivity contribution in [3.05, 3.63) is 61.2 Å². The van der Waals surface area contributed by atoms with Crippen LogP contribution in [0.25, 0.3) is 34.0 Å². The number of aryl methyl sites for hydroxylation is 2. The van der Waals surface area contributed by atoms with E-state index in [4.69, 9.17) is 0 Å². The molecule has 3 aromatic heterocycles. The molecule has 0 atom stereocenters. The molecule has 8 nitrogen and oxygen atoms in total. The Bertz CT molecular complexity index is 1150. The molecular weight excluding hydrogens is 328 g/mol. The van der Waals surface area contributed by atoms with E-state index < -0.39 is 0 Å². The van der Waals surface area contributed by atoms with Gasteiger partial charge in [-0.15, -0.1) is 0 Å². The van der Waals surface area contributed by atoms with Gasteiger partial charge in [-0.2, -0.15) is 9.13 Å². The van der Waals surface area contributed by atoms with E-state index in [1.165, 1.54) is 0 Å². The lowest BCUT2D eigenvalue weighted by atomic mass is 10.3. The average molecular weight is 344 g/mol. The first-order chi connectivity index (χ1) is 12.7.